The number of carbonyl (C=O) groups is 2. The number of rotatable bonds is 7. The zero-order chi connectivity index (χ0) is 18.6. The summed E-state index contributed by atoms with van der Waals surface area (Å²) in [6.07, 6.45) is 1.37. The summed E-state index contributed by atoms with van der Waals surface area (Å²) in [6.45, 7) is 6.08. The predicted molar refractivity (Wildman–Crippen MR) is 91.2 cm³/mol. The fourth-order valence-electron chi connectivity index (χ4n) is 2.01. The van der Waals surface area contributed by atoms with Gasteiger partial charge in [0.1, 0.15) is 22.1 Å². The lowest BCUT2D eigenvalue weighted by Gasteiger charge is -2.10. The van der Waals surface area contributed by atoms with E-state index in [0.717, 1.165) is 0 Å². The number of furan rings is 1. The number of carboxylic acids is 1. The van der Waals surface area contributed by atoms with Crippen LogP contribution in [0.4, 0.5) is 0 Å². The lowest BCUT2D eigenvalue weighted by atomic mass is 10.2. The van der Waals surface area contributed by atoms with Gasteiger partial charge in [-0.05, 0) is 25.0 Å². The van der Waals surface area contributed by atoms with Crippen molar-refractivity contribution in [2.75, 3.05) is 6.61 Å². The SMILES string of the molecule is Cc1oc(CNC(=O)c2cnc(OCC(C)C)c(Cl)c2)cc1C(=O)O. The molecule has 25 heavy (non-hydrogen) atoms. The number of ether oxygens (including phenoxy) is 1. The Morgan fingerprint density at radius 3 is 2.68 bits per heavy atom. The van der Waals surface area contributed by atoms with Crippen LogP contribution in [0.2, 0.25) is 5.02 Å². The zero-order valence-electron chi connectivity index (χ0n) is 14.1. The van der Waals surface area contributed by atoms with Gasteiger partial charge >= 0.3 is 5.97 Å². The molecule has 0 spiro atoms. The number of halogens is 1. The molecular formula is C17H19ClN2O5. The quantitative estimate of drug-likeness (QED) is 0.779. The summed E-state index contributed by atoms with van der Waals surface area (Å²) in [4.78, 5) is 27.2. The van der Waals surface area contributed by atoms with Crippen LogP contribution < -0.4 is 10.1 Å². The maximum atomic E-state index is 12.2. The van der Waals surface area contributed by atoms with Gasteiger partial charge in [-0.2, -0.15) is 0 Å². The number of nitrogens with one attached hydrogen (secondary N) is 1. The fraction of sp³-hybridized carbons (Fsp3) is 0.353. The van der Waals surface area contributed by atoms with Gasteiger partial charge in [0.15, 0.2) is 0 Å². The normalized spacial score (nSPS) is 10.8. The van der Waals surface area contributed by atoms with E-state index in [4.69, 9.17) is 25.9 Å². The Morgan fingerprint density at radius 1 is 1.40 bits per heavy atom. The first-order valence-corrected chi connectivity index (χ1v) is 8.05. The van der Waals surface area contributed by atoms with Crippen molar-refractivity contribution in [3.63, 3.8) is 0 Å². The second-order valence-corrected chi connectivity index (χ2v) is 6.29. The summed E-state index contributed by atoms with van der Waals surface area (Å²) >= 11 is 6.08. The molecule has 2 aromatic heterocycles. The Hall–Kier alpha value is -2.54. The highest BCUT2D eigenvalue weighted by Gasteiger charge is 2.15. The molecule has 2 rings (SSSR count). The lowest BCUT2D eigenvalue weighted by molar-refractivity contribution is 0.0694. The molecule has 8 heteroatoms. The van der Waals surface area contributed by atoms with Gasteiger partial charge in [0.2, 0.25) is 5.88 Å². The van der Waals surface area contributed by atoms with Gasteiger partial charge in [0.25, 0.3) is 5.91 Å². The number of aromatic nitrogens is 1. The van der Waals surface area contributed by atoms with Crippen LogP contribution in [0, 0.1) is 12.8 Å². The number of aromatic carboxylic acids is 1. The molecule has 2 heterocycles. The van der Waals surface area contributed by atoms with Crippen molar-refractivity contribution >= 4 is 23.5 Å². The van der Waals surface area contributed by atoms with E-state index < -0.39 is 11.9 Å². The molecule has 1 amide bonds. The summed E-state index contributed by atoms with van der Waals surface area (Å²) in [7, 11) is 0. The van der Waals surface area contributed by atoms with Crippen molar-refractivity contribution in [2.45, 2.75) is 27.3 Å². The second-order valence-electron chi connectivity index (χ2n) is 5.89. The topological polar surface area (TPSA) is 102 Å². The average Bonchev–Trinajstić information content (AvgIpc) is 2.92. The number of hydrogen-bond acceptors (Lipinski definition) is 5. The third kappa shape index (κ3) is 4.96. The fourth-order valence-corrected chi connectivity index (χ4v) is 2.23. The Labute approximate surface area is 150 Å². The molecule has 2 aromatic rings. The van der Waals surface area contributed by atoms with E-state index >= 15 is 0 Å². The van der Waals surface area contributed by atoms with E-state index in [1.807, 2.05) is 13.8 Å². The van der Waals surface area contributed by atoms with Crippen LogP contribution in [0.25, 0.3) is 0 Å². The van der Waals surface area contributed by atoms with Crippen molar-refractivity contribution in [1.82, 2.24) is 10.3 Å². The lowest BCUT2D eigenvalue weighted by Crippen LogP contribution is -2.22. The molecule has 2 N–H and O–H groups in total. The Morgan fingerprint density at radius 2 is 2.12 bits per heavy atom. The molecule has 0 radical (unpaired) electrons. The minimum absolute atomic E-state index is 0.0518. The smallest absolute Gasteiger partial charge is 0.339 e. The van der Waals surface area contributed by atoms with Gasteiger partial charge in [0, 0.05) is 6.20 Å². The van der Waals surface area contributed by atoms with Gasteiger partial charge < -0.3 is 19.6 Å². The molecule has 0 atom stereocenters. The molecule has 0 bridgehead atoms. The first-order valence-electron chi connectivity index (χ1n) is 7.67. The zero-order valence-corrected chi connectivity index (χ0v) is 14.9. The van der Waals surface area contributed by atoms with Gasteiger partial charge in [0.05, 0.1) is 18.7 Å². The number of nitrogens with zero attached hydrogens (tertiary/aromatic N) is 1. The molecule has 0 saturated carbocycles. The first kappa shape index (κ1) is 18.8. The van der Waals surface area contributed by atoms with Crippen molar-refractivity contribution in [3.05, 3.63) is 46.0 Å². The minimum atomic E-state index is -1.08. The van der Waals surface area contributed by atoms with Gasteiger partial charge in [-0.25, -0.2) is 9.78 Å². The monoisotopic (exact) mass is 366 g/mol. The van der Waals surface area contributed by atoms with Crippen LogP contribution in [0.15, 0.2) is 22.7 Å². The highest BCUT2D eigenvalue weighted by atomic mass is 35.5. The molecule has 0 aliphatic heterocycles. The highest BCUT2D eigenvalue weighted by molar-refractivity contribution is 6.32. The van der Waals surface area contributed by atoms with E-state index in [-0.39, 0.29) is 34.3 Å². The predicted octanol–water partition coefficient (Wildman–Crippen LogP) is 3.30. The largest absolute Gasteiger partial charge is 0.478 e. The number of carbonyl (C=O) groups excluding carboxylic acids is 1. The van der Waals surface area contributed by atoms with Crippen molar-refractivity contribution in [2.24, 2.45) is 5.92 Å². The standard InChI is InChI=1S/C17H19ClN2O5/c1-9(2)8-24-16-14(18)4-11(6-20-16)15(21)19-7-12-5-13(17(22)23)10(3)25-12/h4-6,9H,7-8H2,1-3H3,(H,19,21)(H,22,23). The summed E-state index contributed by atoms with van der Waals surface area (Å²) in [6, 6.07) is 2.85. The first-order chi connectivity index (χ1) is 11.8. The molecular weight excluding hydrogens is 348 g/mol. The Bertz CT molecular complexity index is 785. The molecule has 134 valence electrons. The number of pyridine rings is 1. The molecule has 7 nitrogen and oxygen atoms in total. The van der Waals surface area contributed by atoms with Crippen molar-refractivity contribution in [3.8, 4) is 5.88 Å². The number of hydrogen-bond donors (Lipinski definition) is 2. The van der Waals surface area contributed by atoms with Crippen LogP contribution >= 0.6 is 11.6 Å². The minimum Gasteiger partial charge on any atom is -0.478 e. The molecule has 0 saturated heterocycles. The maximum absolute atomic E-state index is 12.2. The average molecular weight is 367 g/mol. The summed E-state index contributed by atoms with van der Waals surface area (Å²) in [5, 5.41) is 11.9. The Balaban J connectivity index is 2.00. The van der Waals surface area contributed by atoms with Crippen LogP contribution in [-0.2, 0) is 6.54 Å². The number of carboxylic acid groups (broad SMARTS) is 1. The van der Waals surface area contributed by atoms with E-state index in [0.29, 0.717) is 18.3 Å². The summed E-state index contributed by atoms with van der Waals surface area (Å²) in [5.41, 5.74) is 0.337. The van der Waals surface area contributed by atoms with Gasteiger partial charge in [-0.15, -0.1) is 0 Å². The number of aryl methyl sites for hydroxylation is 1. The van der Waals surface area contributed by atoms with E-state index in [1.165, 1.54) is 18.3 Å². The van der Waals surface area contributed by atoms with E-state index in [9.17, 15) is 9.59 Å². The molecule has 0 aliphatic rings. The number of amides is 1. The van der Waals surface area contributed by atoms with Crippen molar-refractivity contribution < 1.29 is 23.8 Å². The molecule has 0 fully saturated rings. The third-order valence-electron chi connectivity index (χ3n) is 3.25. The third-order valence-corrected chi connectivity index (χ3v) is 3.52. The van der Waals surface area contributed by atoms with E-state index in [1.54, 1.807) is 6.92 Å². The van der Waals surface area contributed by atoms with Crippen LogP contribution in [0.1, 0.15) is 46.1 Å². The van der Waals surface area contributed by atoms with E-state index in [2.05, 4.69) is 10.3 Å². The second kappa shape index (κ2) is 8.02. The van der Waals surface area contributed by atoms with Crippen molar-refractivity contribution in [1.29, 1.82) is 0 Å². The van der Waals surface area contributed by atoms with Crippen LogP contribution in [0.5, 0.6) is 5.88 Å². The van der Waals surface area contributed by atoms with Crippen LogP contribution in [-0.4, -0.2) is 28.6 Å². The summed E-state index contributed by atoms with van der Waals surface area (Å²) in [5.74, 6) is -0.247. The molecule has 0 aliphatic carbocycles. The molecule has 0 aromatic carbocycles. The maximum Gasteiger partial charge on any atom is 0.339 e. The molecule has 0 unspecified atom stereocenters. The highest BCUT2D eigenvalue weighted by Crippen LogP contribution is 2.23. The van der Waals surface area contributed by atoms with Gasteiger partial charge in [-0.1, -0.05) is 25.4 Å². The Kier molecular flexibility index (Phi) is 6.03. The summed E-state index contributed by atoms with van der Waals surface area (Å²) < 4.78 is 10.8. The van der Waals surface area contributed by atoms with Crippen LogP contribution in [0.3, 0.4) is 0 Å². The van der Waals surface area contributed by atoms with Gasteiger partial charge in [-0.3, -0.25) is 4.79 Å².